The average Bonchev–Trinajstić information content (AvgIpc) is 2.49. The highest BCUT2D eigenvalue weighted by Crippen LogP contribution is 2.14. The molecule has 128 valence electrons. The van der Waals surface area contributed by atoms with E-state index in [1.165, 1.54) is 51.4 Å². The van der Waals surface area contributed by atoms with Crippen LogP contribution in [0, 0.1) is 0 Å². The van der Waals surface area contributed by atoms with Crippen molar-refractivity contribution in [3.8, 4) is 0 Å². The molecule has 0 aliphatic rings. The summed E-state index contributed by atoms with van der Waals surface area (Å²) in [7, 11) is 0. The monoisotopic (exact) mass is 300 g/mol. The van der Waals surface area contributed by atoms with Crippen molar-refractivity contribution >= 4 is 0 Å². The van der Waals surface area contributed by atoms with Gasteiger partial charge in [0, 0.05) is 0 Å². The van der Waals surface area contributed by atoms with Crippen molar-refractivity contribution in [1.29, 1.82) is 0 Å². The Bertz CT molecular complexity index is 194. The van der Waals surface area contributed by atoms with Crippen LogP contribution in [-0.2, 0) is 0 Å². The standard InChI is InChI=1S/C19H40O2/c1-3-5-6-7-8-9-10-12-16-19(21)17-14-11-13-15-18(20)4-2/h18-21H,3-17H2,1-2H3. The number of aliphatic hydroxyl groups excluding tert-OH is 2. The van der Waals surface area contributed by atoms with Gasteiger partial charge in [0.05, 0.1) is 12.2 Å². The topological polar surface area (TPSA) is 40.5 Å². The summed E-state index contributed by atoms with van der Waals surface area (Å²) in [4.78, 5) is 0. The van der Waals surface area contributed by atoms with E-state index in [4.69, 9.17) is 0 Å². The van der Waals surface area contributed by atoms with Gasteiger partial charge in [-0.15, -0.1) is 0 Å². The second-order valence-electron chi connectivity index (χ2n) is 6.62. The Morgan fingerprint density at radius 2 is 0.905 bits per heavy atom. The van der Waals surface area contributed by atoms with Gasteiger partial charge in [-0.2, -0.15) is 0 Å². The fourth-order valence-electron chi connectivity index (χ4n) is 2.80. The van der Waals surface area contributed by atoms with Crippen molar-refractivity contribution in [3.63, 3.8) is 0 Å². The first kappa shape index (κ1) is 20.9. The van der Waals surface area contributed by atoms with Crippen molar-refractivity contribution in [2.24, 2.45) is 0 Å². The van der Waals surface area contributed by atoms with Crippen LogP contribution in [0.3, 0.4) is 0 Å². The summed E-state index contributed by atoms with van der Waals surface area (Å²) in [5.74, 6) is 0. The maximum atomic E-state index is 9.93. The minimum atomic E-state index is -0.118. The first-order chi connectivity index (χ1) is 10.2. The van der Waals surface area contributed by atoms with E-state index >= 15 is 0 Å². The Labute approximate surface area is 133 Å². The zero-order valence-electron chi connectivity index (χ0n) is 14.7. The number of aliphatic hydroxyl groups is 2. The Balaban J connectivity index is 3.18. The quantitative estimate of drug-likeness (QED) is 0.364. The molecule has 21 heavy (non-hydrogen) atoms. The van der Waals surface area contributed by atoms with Gasteiger partial charge in [-0.1, -0.05) is 84.5 Å². The molecule has 0 aromatic carbocycles. The summed E-state index contributed by atoms with van der Waals surface area (Å²) in [6.07, 6.45) is 17.5. The third-order valence-electron chi connectivity index (χ3n) is 4.44. The van der Waals surface area contributed by atoms with Gasteiger partial charge in [-0.3, -0.25) is 0 Å². The summed E-state index contributed by atoms with van der Waals surface area (Å²) < 4.78 is 0. The van der Waals surface area contributed by atoms with Gasteiger partial charge < -0.3 is 10.2 Å². The Morgan fingerprint density at radius 3 is 1.38 bits per heavy atom. The lowest BCUT2D eigenvalue weighted by Gasteiger charge is -2.11. The van der Waals surface area contributed by atoms with Crippen LogP contribution >= 0.6 is 0 Å². The number of hydrogen-bond donors (Lipinski definition) is 2. The number of unbranched alkanes of at least 4 members (excludes halogenated alkanes) is 9. The summed E-state index contributed by atoms with van der Waals surface area (Å²) in [6.45, 7) is 4.28. The fourth-order valence-corrected chi connectivity index (χ4v) is 2.80. The maximum Gasteiger partial charge on any atom is 0.0540 e. The first-order valence-corrected chi connectivity index (χ1v) is 9.56. The lowest BCUT2D eigenvalue weighted by atomic mass is 10.0. The molecular weight excluding hydrogens is 260 g/mol. The van der Waals surface area contributed by atoms with E-state index in [1.807, 2.05) is 6.92 Å². The third kappa shape index (κ3) is 16.1. The largest absolute Gasteiger partial charge is 0.393 e. The lowest BCUT2D eigenvalue weighted by molar-refractivity contribution is 0.142. The van der Waals surface area contributed by atoms with Crippen LogP contribution in [-0.4, -0.2) is 22.4 Å². The number of hydrogen-bond acceptors (Lipinski definition) is 2. The zero-order chi connectivity index (χ0) is 15.8. The third-order valence-corrected chi connectivity index (χ3v) is 4.44. The van der Waals surface area contributed by atoms with Crippen LogP contribution in [0.15, 0.2) is 0 Å². The van der Waals surface area contributed by atoms with Gasteiger partial charge in [0.25, 0.3) is 0 Å². The molecule has 0 fully saturated rings. The predicted octanol–water partition coefficient (Wildman–Crippen LogP) is 5.60. The van der Waals surface area contributed by atoms with Crippen LogP contribution in [0.1, 0.15) is 110 Å². The molecule has 2 heteroatoms. The van der Waals surface area contributed by atoms with E-state index in [-0.39, 0.29) is 12.2 Å². The molecule has 0 saturated heterocycles. The van der Waals surface area contributed by atoms with Gasteiger partial charge in [-0.25, -0.2) is 0 Å². The Hall–Kier alpha value is -0.0800. The fraction of sp³-hybridized carbons (Fsp3) is 1.00. The van der Waals surface area contributed by atoms with Crippen LogP contribution in [0.5, 0.6) is 0 Å². The SMILES string of the molecule is CCCCCCCCCCC(O)CCCCCC(O)CC. The van der Waals surface area contributed by atoms with Gasteiger partial charge in [0.2, 0.25) is 0 Å². The van der Waals surface area contributed by atoms with Crippen molar-refractivity contribution in [3.05, 3.63) is 0 Å². The lowest BCUT2D eigenvalue weighted by Crippen LogP contribution is -2.07. The first-order valence-electron chi connectivity index (χ1n) is 9.56. The normalized spacial score (nSPS) is 14.3. The van der Waals surface area contributed by atoms with E-state index in [1.54, 1.807) is 0 Å². The van der Waals surface area contributed by atoms with Crippen LogP contribution in [0.4, 0.5) is 0 Å². The molecule has 2 N–H and O–H groups in total. The highest BCUT2D eigenvalue weighted by Gasteiger charge is 2.05. The predicted molar refractivity (Wildman–Crippen MR) is 92.6 cm³/mol. The molecule has 0 saturated carbocycles. The minimum absolute atomic E-state index is 0.0961. The molecule has 0 rings (SSSR count). The second kappa shape index (κ2) is 16.3. The summed E-state index contributed by atoms with van der Waals surface area (Å²) >= 11 is 0. The molecule has 0 aromatic heterocycles. The second-order valence-corrected chi connectivity index (χ2v) is 6.62. The van der Waals surface area contributed by atoms with Gasteiger partial charge in [0.1, 0.15) is 0 Å². The summed E-state index contributed by atoms with van der Waals surface area (Å²) in [5, 5.41) is 19.4. The molecule has 2 unspecified atom stereocenters. The highest BCUT2D eigenvalue weighted by molar-refractivity contribution is 4.59. The van der Waals surface area contributed by atoms with Gasteiger partial charge >= 0.3 is 0 Å². The van der Waals surface area contributed by atoms with E-state index in [0.29, 0.717) is 0 Å². The molecule has 0 spiro atoms. The zero-order valence-corrected chi connectivity index (χ0v) is 14.7. The molecular formula is C19H40O2. The van der Waals surface area contributed by atoms with Crippen molar-refractivity contribution in [1.82, 2.24) is 0 Å². The molecule has 0 amide bonds. The number of rotatable bonds is 16. The molecule has 0 aliphatic carbocycles. The highest BCUT2D eigenvalue weighted by atomic mass is 16.3. The molecule has 0 radical (unpaired) electrons. The molecule has 0 aromatic rings. The van der Waals surface area contributed by atoms with Crippen LogP contribution in [0.25, 0.3) is 0 Å². The molecule has 0 aliphatic heterocycles. The van der Waals surface area contributed by atoms with E-state index in [0.717, 1.165) is 44.9 Å². The van der Waals surface area contributed by atoms with Crippen molar-refractivity contribution < 1.29 is 10.2 Å². The smallest absolute Gasteiger partial charge is 0.0540 e. The van der Waals surface area contributed by atoms with Gasteiger partial charge in [0.15, 0.2) is 0 Å². The van der Waals surface area contributed by atoms with Crippen molar-refractivity contribution in [2.75, 3.05) is 0 Å². The van der Waals surface area contributed by atoms with Gasteiger partial charge in [-0.05, 0) is 25.7 Å². The Kier molecular flexibility index (Phi) is 16.2. The maximum absolute atomic E-state index is 9.93. The van der Waals surface area contributed by atoms with Crippen molar-refractivity contribution in [2.45, 2.75) is 122 Å². The van der Waals surface area contributed by atoms with E-state index in [9.17, 15) is 10.2 Å². The average molecular weight is 301 g/mol. The molecule has 0 heterocycles. The van der Waals surface area contributed by atoms with Crippen LogP contribution in [0.2, 0.25) is 0 Å². The molecule has 2 nitrogen and oxygen atoms in total. The van der Waals surface area contributed by atoms with E-state index in [2.05, 4.69) is 6.92 Å². The molecule has 0 bridgehead atoms. The summed E-state index contributed by atoms with van der Waals surface area (Å²) in [5.41, 5.74) is 0. The van der Waals surface area contributed by atoms with E-state index < -0.39 is 0 Å². The summed E-state index contributed by atoms with van der Waals surface area (Å²) in [6, 6.07) is 0. The molecule has 2 atom stereocenters. The van der Waals surface area contributed by atoms with Crippen LogP contribution < -0.4 is 0 Å². The Morgan fingerprint density at radius 1 is 0.524 bits per heavy atom. The minimum Gasteiger partial charge on any atom is -0.393 e.